The van der Waals surface area contributed by atoms with Gasteiger partial charge in [0, 0.05) is 24.8 Å². The molecule has 22 heavy (non-hydrogen) atoms. The summed E-state index contributed by atoms with van der Waals surface area (Å²) < 4.78 is 12.0. The third kappa shape index (κ3) is 2.04. The van der Waals surface area contributed by atoms with Crippen LogP contribution in [-0.2, 0) is 9.47 Å². The Bertz CT molecular complexity index is 586. The summed E-state index contributed by atoms with van der Waals surface area (Å²) >= 11 is 0. The van der Waals surface area contributed by atoms with Crippen LogP contribution in [0.2, 0.25) is 0 Å². The molecule has 2 aromatic heterocycles. The van der Waals surface area contributed by atoms with Crippen LogP contribution in [0, 0.1) is 0 Å². The number of nitrogens with zero attached hydrogens (tertiary/aromatic N) is 3. The van der Waals surface area contributed by atoms with E-state index in [0.29, 0.717) is 13.2 Å². The van der Waals surface area contributed by atoms with Crippen molar-refractivity contribution in [1.29, 1.82) is 0 Å². The third-order valence-corrected chi connectivity index (χ3v) is 4.35. The molecule has 2 aliphatic heterocycles. The van der Waals surface area contributed by atoms with Gasteiger partial charge in [-0.15, -0.1) is 0 Å². The highest BCUT2D eigenvalue weighted by molar-refractivity contribution is 5.22. The van der Waals surface area contributed by atoms with E-state index in [9.17, 15) is 5.11 Å². The first-order valence-corrected chi connectivity index (χ1v) is 7.26. The molecule has 2 fully saturated rings. The molecule has 2 aromatic rings. The number of pyridine rings is 2. The number of aromatic nitrogens is 2. The summed E-state index contributed by atoms with van der Waals surface area (Å²) in [6.07, 6.45) is 6.48. The molecule has 6 heteroatoms. The molecule has 114 valence electrons. The normalized spacial score (nSPS) is 31.3. The van der Waals surface area contributed by atoms with Crippen molar-refractivity contribution in [3.8, 4) is 0 Å². The first kappa shape index (κ1) is 13.8. The second-order valence-electron chi connectivity index (χ2n) is 5.68. The maximum atomic E-state index is 9.93. The number of hydrogen-bond acceptors (Lipinski definition) is 6. The lowest BCUT2D eigenvalue weighted by molar-refractivity contribution is -0.0631. The van der Waals surface area contributed by atoms with E-state index in [-0.39, 0.29) is 19.1 Å². The minimum atomic E-state index is -0.498. The summed E-state index contributed by atoms with van der Waals surface area (Å²) in [7, 11) is 0. The highest BCUT2D eigenvalue weighted by Gasteiger charge is 2.56. The van der Waals surface area contributed by atoms with E-state index < -0.39 is 5.54 Å². The lowest BCUT2D eigenvalue weighted by Crippen LogP contribution is -2.47. The summed E-state index contributed by atoms with van der Waals surface area (Å²) in [6, 6.07) is 7.72. The maximum absolute atomic E-state index is 9.93. The zero-order chi connectivity index (χ0) is 15.0. The third-order valence-electron chi connectivity index (χ3n) is 4.35. The Morgan fingerprint density at radius 2 is 1.41 bits per heavy atom. The highest BCUT2D eigenvalue weighted by atomic mass is 16.6. The molecule has 0 aromatic carbocycles. The number of ether oxygens (including phenoxy) is 2. The quantitative estimate of drug-likeness (QED) is 0.920. The lowest BCUT2D eigenvalue weighted by Gasteiger charge is -2.32. The summed E-state index contributed by atoms with van der Waals surface area (Å²) in [4.78, 5) is 10.2. The molecule has 0 saturated carbocycles. The van der Waals surface area contributed by atoms with E-state index in [2.05, 4.69) is 14.9 Å². The summed E-state index contributed by atoms with van der Waals surface area (Å²) in [6.45, 7) is 0.881. The van der Waals surface area contributed by atoms with E-state index in [0.717, 1.165) is 11.1 Å². The van der Waals surface area contributed by atoms with Gasteiger partial charge >= 0.3 is 0 Å². The van der Waals surface area contributed by atoms with Gasteiger partial charge in [0.1, 0.15) is 12.5 Å². The highest BCUT2D eigenvalue weighted by Crippen LogP contribution is 2.48. The summed E-state index contributed by atoms with van der Waals surface area (Å²) in [5, 5.41) is 9.93. The average Bonchev–Trinajstić information content (AvgIpc) is 3.14. The number of fused-ring (bicyclic) bond motifs is 1. The van der Waals surface area contributed by atoms with E-state index >= 15 is 0 Å². The molecule has 0 radical (unpaired) electrons. The van der Waals surface area contributed by atoms with Gasteiger partial charge in [0.25, 0.3) is 0 Å². The average molecular weight is 299 g/mol. The smallest absolute Gasteiger partial charge is 0.139 e. The second-order valence-corrected chi connectivity index (χ2v) is 5.68. The topological polar surface area (TPSA) is 67.7 Å². The Morgan fingerprint density at radius 3 is 1.82 bits per heavy atom. The molecule has 1 N–H and O–H groups in total. The van der Waals surface area contributed by atoms with Crippen molar-refractivity contribution in [3.63, 3.8) is 0 Å². The van der Waals surface area contributed by atoms with Crippen molar-refractivity contribution >= 4 is 0 Å². The minimum Gasteiger partial charge on any atom is -0.394 e. The van der Waals surface area contributed by atoms with Crippen LogP contribution in [0.25, 0.3) is 0 Å². The van der Waals surface area contributed by atoms with Gasteiger partial charge in [0.15, 0.2) is 0 Å². The van der Waals surface area contributed by atoms with Gasteiger partial charge in [-0.3, -0.25) is 9.97 Å². The van der Waals surface area contributed by atoms with E-state index in [1.165, 1.54) is 0 Å². The molecule has 0 bridgehead atoms. The standard InChI is InChI=1S/C16H17N3O3/c20-9-16-10-21-14(12-1-5-17-6-2-12)19(16)15(22-11-16)13-3-7-18-8-4-13/h1-8,14-15,20H,9-11H2/t14-,15+,16?. The molecule has 0 aliphatic carbocycles. The van der Waals surface area contributed by atoms with Crippen molar-refractivity contribution in [3.05, 3.63) is 60.2 Å². The zero-order valence-electron chi connectivity index (χ0n) is 12.0. The molecular formula is C16H17N3O3. The molecule has 2 aliphatic rings. The van der Waals surface area contributed by atoms with Crippen LogP contribution >= 0.6 is 0 Å². The second kappa shape index (κ2) is 5.40. The zero-order valence-corrected chi connectivity index (χ0v) is 12.0. The predicted octanol–water partition coefficient (Wildman–Crippen LogP) is 1.27. The van der Waals surface area contributed by atoms with Gasteiger partial charge < -0.3 is 14.6 Å². The SMILES string of the molecule is OCC12CO[C@H](c3ccncc3)N1[C@H](c1ccncc1)OC2. The lowest BCUT2D eigenvalue weighted by atomic mass is 10.0. The molecule has 1 unspecified atom stereocenters. The fraction of sp³-hybridized carbons (Fsp3) is 0.375. The van der Waals surface area contributed by atoms with Crippen LogP contribution in [-0.4, -0.2) is 45.3 Å². The molecule has 4 rings (SSSR count). The van der Waals surface area contributed by atoms with Gasteiger partial charge in [-0.1, -0.05) is 0 Å². The Balaban J connectivity index is 1.74. The van der Waals surface area contributed by atoms with E-state index in [4.69, 9.17) is 9.47 Å². The summed E-state index contributed by atoms with van der Waals surface area (Å²) in [5.74, 6) is 0. The Morgan fingerprint density at radius 1 is 0.955 bits per heavy atom. The number of aliphatic hydroxyl groups excluding tert-OH is 1. The maximum Gasteiger partial charge on any atom is 0.139 e. The molecule has 0 amide bonds. The van der Waals surface area contributed by atoms with Gasteiger partial charge in [0.05, 0.1) is 25.4 Å². The van der Waals surface area contributed by atoms with Crippen molar-refractivity contribution < 1.29 is 14.6 Å². The minimum absolute atomic E-state index is 0.00380. The predicted molar refractivity (Wildman–Crippen MR) is 77.5 cm³/mol. The molecule has 6 nitrogen and oxygen atoms in total. The van der Waals surface area contributed by atoms with Gasteiger partial charge in [-0.2, -0.15) is 0 Å². The number of aliphatic hydroxyl groups is 1. The van der Waals surface area contributed by atoms with Crippen LogP contribution < -0.4 is 0 Å². The van der Waals surface area contributed by atoms with Crippen LogP contribution in [0.4, 0.5) is 0 Å². The van der Waals surface area contributed by atoms with Gasteiger partial charge in [0.2, 0.25) is 0 Å². The van der Waals surface area contributed by atoms with Crippen LogP contribution in [0.3, 0.4) is 0 Å². The monoisotopic (exact) mass is 299 g/mol. The summed E-state index contributed by atoms with van der Waals surface area (Å²) in [5.41, 5.74) is 1.52. The molecule has 4 heterocycles. The van der Waals surface area contributed by atoms with Crippen molar-refractivity contribution in [2.24, 2.45) is 0 Å². The Kier molecular flexibility index (Phi) is 3.38. The molecule has 0 spiro atoms. The van der Waals surface area contributed by atoms with Crippen molar-refractivity contribution in [2.75, 3.05) is 19.8 Å². The number of rotatable bonds is 3. The molecular weight excluding hydrogens is 282 g/mol. The van der Waals surface area contributed by atoms with Gasteiger partial charge in [-0.05, 0) is 35.4 Å². The fourth-order valence-corrected chi connectivity index (χ4v) is 3.18. The molecule has 3 atom stereocenters. The Hall–Kier alpha value is -1.86. The van der Waals surface area contributed by atoms with Crippen molar-refractivity contribution in [2.45, 2.75) is 18.0 Å². The van der Waals surface area contributed by atoms with Crippen LogP contribution in [0.5, 0.6) is 0 Å². The van der Waals surface area contributed by atoms with E-state index in [1.54, 1.807) is 24.8 Å². The molecule has 2 saturated heterocycles. The van der Waals surface area contributed by atoms with Crippen molar-refractivity contribution in [1.82, 2.24) is 14.9 Å². The van der Waals surface area contributed by atoms with Gasteiger partial charge in [-0.25, -0.2) is 4.90 Å². The van der Waals surface area contributed by atoms with Crippen LogP contribution in [0.15, 0.2) is 49.1 Å². The first-order valence-electron chi connectivity index (χ1n) is 7.26. The largest absolute Gasteiger partial charge is 0.394 e. The van der Waals surface area contributed by atoms with Crippen LogP contribution in [0.1, 0.15) is 23.6 Å². The number of hydrogen-bond donors (Lipinski definition) is 1. The fourth-order valence-electron chi connectivity index (χ4n) is 3.18. The Labute approximate surface area is 128 Å². The first-order chi connectivity index (χ1) is 10.8. The van der Waals surface area contributed by atoms with E-state index in [1.807, 2.05) is 24.3 Å².